The van der Waals surface area contributed by atoms with E-state index in [1.54, 1.807) is 16.0 Å². The maximum absolute atomic E-state index is 11.9. The van der Waals surface area contributed by atoms with E-state index in [1.165, 1.54) is 16.7 Å². The number of hydrogen-bond donors (Lipinski definition) is 1. The molecule has 120 valence electrons. The summed E-state index contributed by atoms with van der Waals surface area (Å²) in [6.07, 6.45) is 1.88. The predicted octanol–water partition coefficient (Wildman–Crippen LogP) is 1.59. The van der Waals surface area contributed by atoms with Gasteiger partial charge in [-0.25, -0.2) is 0 Å². The molecule has 0 aromatic carbocycles. The Bertz CT molecular complexity index is 710. The Kier molecular flexibility index (Phi) is 5.09. The number of carbonyl (C=O) groups is 2. The monoisotopic (exact) mass is 366 g/mol. The molecule has 6 nitrogen and oxygen atoms in total. The summed E-state index contributed by atoms with van der Waals surface area (Å²) in [5.74, 6) is 0.00106. The van der Waals surface area contributed by atoms with Gasteiger partial charge in [0.1, 0.15) is 10.9 Å². The maximum Gasteiger partial charge on any atom is 0.240 e. The first-order valence-corrected chi connectivity index (χ1v) is 9.27. The summed E-state index contributed by atoms with van der Waals surface area (Å²) in [5.41, 5.74) is 2.01. The molecule has 0 aliphatic carbocycles. The highest BCUT2D eigenvalue weighted by molar-refractivity contribution is 8.23. The third kappa shape index (κ3) is 3.98. The highest BCUT2D eigenvalue weighted by Crippen LogP contribution is 2.20. The van der Waals surface area contributed by atoms with Gasteiger partial charge in [-0.2, -0.15) is 16.4 Å². The van der Waals surface area contributed by atoms with Crippen LogP contribution >= 0.6 is 35.3 Å². The first kappa shape index (κ1) is 16.2. The van der Waals surface area contributed by atoms with Gasteiger partial charge in [-0.3, -0.25) is 19.2 Å². The Morgan fingerprint density at radius 1 is 1.43 bits per heavy atom. The fourth-order valence-corrected chi connectivity index (χ4v) is 3.81. The molecular weight excluding hydrogens is 352 g/mol. The van der Waals surface area contributed by atoms with Crippen LogP contribution in [0.2, 0.25) is 0 Å². The summed E-state index contributed by atoms with van der Waals surface area (Å²) in [5, 5.41) is 11.3. The zero-order valence-corrected chi connectivity index (χ0v) is 14.5. The largest absolute Gasteiger partial charge is 0.353 e. The van der Waals surface area contributed by atoms with Crippen molar-refractivity contribution in [2.45, 2.75) is 6.54 Å². The number of aromatic nitrogens is 2. The summed E-state index contributed by atoms with van der Waals surface area (Å²) < 4.78 is 2.26. The van der Waals surface area contributed by atoms with Crippen LogP contribution in [0.1, 0.15) is 0 Å². The predicted molar refractivity (Wildman–Crippen MR) is 95.3 cm³/mol. The van der Waals surface area contributed by atoms with E-state index in [0.29, 0.717) is 23.2 Å². The van der Waals surface area contributed by atoms with E-state index in [9.17, 15) is 9.59 Å². The van der Waals surface area contributed by atoms with E-state index >= 15 is 0 Å². The quantitative estimate of drug-likeness (QED) is 0.787. The number of hydrogen-bond acceptors (Lipinski definition) is 6. The van der Waals surface area contributed by atoms with Gasteiger partial charge < -0.3 is 5.32 Å². The molecular formula is C14H14N4O2S3. The van der Waals surface area contributed by atoms with Gasteiger partial charge in [-0.1, -0.05) is 24.0 Å². The van der Waals surface area contributed by atoms with Crippen LogP contribution in [0.4, 0.5) is 0 Å². The van der Waals surface area contributed by atoms with E-state index in [2.05, 4.69) is 10.4 Å². The number of nitrogens with one attached hydrogen (secondary N) is 1. The van der Waals surface area contributed by atoms with Crippen LogP contribution in [0.3, 0.4) is 0 Å². The molecule has 1 aliphatic rings. The molecule has 1 saturated heterocycles. The van der Waals surface area contributed by atoms with E-state index in [4.69, 9.17) is 12.2 Å². The molecule has 0 unspecified atom stereocenters. The Balaban J connectivity index is 1.45. The van der Waals surface area contributed by atoms with Crippen molar-refractivity contribution in [3.05, 3.63) is 29.1 Å². The van der Waals surface area contributed by atoms with Gasteiger partial charge in [0, 0.05) is 23.7 Å². The molecule has 3 heterocycles. The Labute approximate surface area is 146 Å². The van der Waals surface area contributed by atoms with E-state index < -0.39 is 0 Å². The van der Waals surface area contributed by atoms with Crippen molar-refractivity contribution in [2.75, 3.05) is 18.8 Å². The molecule has 1 N–H and O–H groups in total. The maximum atomic E-state index is 11.9. The number of thioether (sulfide) groups is 1. The van der Waals surface area contributed by atoms with Gasteiger partial charge >= 0.3 is 0 Å². The minimum absolute atomic E-state index is 0.00999. The van der Waals surface area contributed by atoms with E-state index in [0.717, 1.165) is 11.3 Å². The second kappa shape index (κ2) is 7.24. The van der Waals surface area contributed by atoms with Gasteiger partial charge in [-0.05, 0) is 17.5 Å². The topological polar surface area (TPSA) is 67.2 Å². The third-order valence-corrected chi connectivity index (χ3v) is 5.38. The molecule has 9 heteroatoms. The molecule has 3 rings (SSSR count). The average Bonchev–Trinajstić information content (AvgIpc) is 3.25. The summed E-state index contributed by atoms with van der Waals surface area (Å²) in [7, 11) is 0. The van der Waals surface area contributed by atoms with Gasteiger partial charge in [0.25, 0.3) is 0 Å². The number of amides is 2. The lowest BCUT2D eigenvalue weighted by Gasteiger charge is -2.14. The lowest BCUT2D eigenvalue weighted by molar-refractivity contribution is -0.129. The Morgan fingerprint density at radius 2 is 2.30 bits per heavy atom. The fraction of sp³-hybridized carbons (Fsp3) is 0.286. The second-order valence-corrected chi connectivity index (χ2v) is 7.25. The summed E-state index contributed by atoms with van der Waals surface area (Å²) in [6, 6.07) is 3.97. The van der Waals surface area contributed by atoms with Crippen molar-refractivity contribution in [1.29, 1.82) is 0 Å². The molecule has 2 aromatic rings. The van der Waals surface area contributed by atoms with Crippen LogP contribution in [0.25, 0.3) is 11.3 Å². The van der Waals surface area contributed by atoms with E-state index in [-0.39, 0.29) is 18.4 Å². The first-order valence-electron chi connectivity index (χ1n) is 6.93. The Hall–Kier alpha value is -1.71. The smallest absolute Gasteiger partial charge is 0.240 e. The van der Waals surface area contributed by atoms with E-state index in [1.807, 2.05) is 29.1 Å². The Morgan fingerprint density at radius 3 is 3.00 bits per heavy atom. The first-order chi connectivity index (χ1) is 11.1. The molecule has 1 aliphatic heterocycles. The van der Waals surface area contributed by atoms with Crippen LogP contribution in [0.15, 0.2) is 29.1 Å². The van der Waals surface area contributed by atoms with Crippen molar-refractivity contribution in [3.8, 4) is 11.3 Å². The van der Waals surface area contributed by atoms with Crippen LogP contribution in [-0.4, -0.2) is 49.7 Å². The molecule has 0 bridgehead atoms. The minimum Gasteiger partial charge on any atom is -0.353 e. The number of nitrogens with zero attached hydrogens (tertiary/aromatic N) is 3. The van der Waals surface area contributed by atoms with Crippen LogP contribution in [0.5, 0.6) is 0 Å². The molecule has 1 fully saturated rings. The molecule has 23 heavy (non-hydrogen) atoms. The SMILES string of the molecule is O=C(CN1C(=O)CSC1=S)NCCn1ccc(-c2ccsc2)n1. The van der Waals surface area contributed by atoms with Crippen molar-refractivity contribution >= 4 is 51.5 Å². The fourth-order valence-electron chi connectivity index (χ4n) is 2.09. The highest BCUT2D eigenvalue weighted by Gasteiger charge is 2.28. The van der Waals surface area contributed by atoms with Gasteiger partial charge in [0.15, 0.2) is 0 Å². The lowest BCUT2D eigenvalue weighted by Crippen LogP contribution is -2.40. The average molecular weight is 366 g/mol. The van der Waals surface area contributed by atoms with Crippen LogP contribution in [-0.2, 0) is 16.1 Å². The van der Waals surface area contributed by atoms with Crippen LogP contribution in [0, 0.1) is 0 Å². The van der Waals surface area contributed by atoms with Crippen molar-refractivity contribution in [3.63, 3.8) is 0 Å². The van der Waals surface area contributed by atoms with Crippen molar-refractivity contribution in [2.24, 2.45) is 0 Å². The molecule has 0 spiro atoms. The molecule has 0 atom stereocenters. The number of thiocarbonyl (C=S) groups is 1. The number of thiophene rings is 1. The summed E-state index contributed by atoms with van der Waals surface area (Å²) in [4.78, 5) is 24.8. The van der Waals surface area contributed by atoms with Crippen molar-refractivity contribution < 1.29 is 9.59 Å². The zero-order chi connectivity index (χ0) is 16.2. The van der Waals surface area contributed by atoms with Crippen molar-refractivity contribution in [1.82, 2.24) is 20.0 Å². The molecule has 2 aromatic heterocycles. The van der Waals surface area contributed by atoms with Gasteiger partial charge in [0.2, 0.25) is 11.8 Å². The highest BCUT2D eigenvalue weighted by atomic mass is 32.2. The third-order valence-electron chi connectivity index (χ3n) is 3.26. The van der Waals surface area contributed by atoms with Gasteiger partial charge in [-0.15, -0.1) is 0 Å². The summed E-state index contributed by atoms with van der Waals surface area (Å²) >= 11 is 7.96. The van der Waals surface area contributed by atoms with Gasteiger partial charge in [0.05, 0.1) is 18.0 Å². The second-order valence-electron chi connectivity index (χ2n) is 4.86. The molecule has 0 radical (unpaired) electrons. The number of carbonyl (C=O) groups excluding carboxylic acids is 2. The zero-order valence-electron chi connectivity index (χ0n) is 12.1. The molecule has 0 saturated carbocycles. The molecule has 2 amide bonds. The van der Waals surface area contributed by atoms with Crippen LogP contribution < -0.4 is 5.32 Å². The minimum atomic E-state index is -0.214. The number of rotatable bonds is 6. The summed E-state index contributed by atoms with van der Waals surface area (Å²) in [6.45, 7) is 1.01. The lowest BCUT2D eigenvalue weighted by atomic mass is 10.2. The normalized spacial score (nSPS) is 14.5. The standard InChI is InChI=1S/C14H14N4O2S3/c19-12(7-18-13(20)9-23-14(18)21)15-3-5-17-4-1-11(16-17)10-2-6-22-8-10/h1-2,4,6,8H,3,5,7,9H2,(H,15,19).